The number of halogens is 2. The van der Waals surface area contributed by atoms with Crippen LogP contribution in [0, 0.1) is 15.9 Å². The van der Waals surface area contributed by atoms with Gasteiger partial charge in [0.15, 0.2) is 0 Å². The van der Waals surface area contributed by atoms with Gasteiger partial charge in [0.2, 0.25) is 0 Å². The van der Waals surface area contributed by atoms with Crippen molar-refractivity contribution < 1.29 is 9.31 Å². The monoisotopic (exact) mass is 304 g/mol. The van der Waals surface area contributed by atoms with E-state index in [0.29, 0.717) is 17.1 Å². The van der Waals surface area contributed by atoms with Crippen molar-refractivity contribution in [2.45, 2.75) is 6.54 Å². The molecular weight excluding hydrogens is 295 g/mol. The summed E-state index contributed by atoms with van der Waals surface area (Å²) in [6.45, 7) is 0.313. The number of fused-ring (bicyclic) bond motifs is 1. The Hall–Kier alpha value is -2.40. The number of non-ortho nitro benzene ring substituents is 1. The number of rotatable bonds is 3. The molecule has 1 aromatic heterocycles. The highest BCUT2D eigenvalue weighted by atomic mass is 35.5. The molecule has 0 saturated heterocycles. The summed E-state index contributed by atoms with van der Waals surface area (Å²) in [6.07, 6.45) is 1.77. The minimum atomic E-state index is -0.437. The standard InChI is InChI=1S/C15H10ClFN2O2/c16-12-1-3-14(17)11(7-12)9-18-6-5-10-8-13(19(20)21)2-4-15(10)18/h1-8H,9H2. The predicted octanol–water partition coefficient (Wildman–Crippen LogP) is 4.39. The molecule has 0 spiro atoms. The van der Waals surface area contributed by atoms with E-state index < -0.39 is 4.92 Å². The number of nitro groups is 1. The Bertz CT molecular complexity index is 845. The first-order valence-electron chi connectivity index (χ1n) is 6.22. The molecule has 106 valence electrons. The average molecular weight is 305 g/mol. The molecule has 2 aromatic carbocycles. The molecule has 3 rings (SSSR count). The lowest BCUT2D eigenvalue weighted by Gasteiger charge is -2.07. The quantitative estimate of drug-likeness (QED) is 0.532. The van der Waals surface area contributed by atoms with E-state index in [1.54, 1.807) is 24.4 Å². The second-order valence-corrected chi connectivity index (χ2v) is 5.12. The van der Waals surface area contributed by atoms with Crippen molar-refractivity contribution in [1.29, 1.82) is 0 Å². The lowest BCUT2D eigenvalue weighted by molar-refractivity contribution is -0.384. The summed E-state index contributed by atoms with van der Waals surface area (Å²) in [6, 6.07) is 10.8. The van der Waals surface area contributed by atoms with Gasteiger partial charge in [0.05, 0.1) is 11.5 Å². The zero-order valence-corrected chi connectivity index (χ0v) is 11.5. The molecule has 0 fully saturated rings. The first-order valence-corrected chi connectivity index (χ1v) is 6.59. The topological polar surface area (TPSA) is 48.1 Å². The van der Waals surface area contributed by atoms with Gasteiger partial charge in [0.1, 0.15) is 5.82 Å². The van der Waals surface area contributed by atoms with Gasteiger partial charge in [-0.25, -0.2) is 4.39 Å². The van der Waals surface area contributed by atoms with Gasteiger partial charge in [-0.05, 0) is 30.3 Å². The molecular formula is C15H10ClFN2O2. The van der Waals surface area contributed by atoms with E-state index in [1.165, 1.54) is 24.3 Å². The number of benzene rings is 2. The zero-order chi connectivity index (χ0) is 15.0. The van der Waals surface area contributed by atoms with E-state index in [9.17, 15) is 14.5 Å². The molecule has 0 saturated carbocycles. The van der Waals surface area contributed by atoms with Crippen LogP contribution in [-0.2, 0) is 6.54 Å². The fraction of sp³-hybridized carbons (Fsp3) is 0.0667. The van der Waals surface area contributed by atoms with E-state index >= 15 is 0 Å². The zero-order valence-electron chi connectivity index (χ0n) is 10.8. The van der Waals surface area contributed by atoms with Crippen LogP contribution in [0.4, 0.5) is 10.1 Å². The minimum Gasteiger partial charge on any atom is -0.343 e. The van der Waals surface area contributed by atoms with Gasteiger partial charge >= 0.3 is 0 Å². The normalized spacial score (nSPS) is 11.0. The number of hydrogen-bond acceptors (Lipinski definition) is 2. The van der Waals surface area contributed by atoms with Gasteiger partial charge in [-0.1, -0.05) is 11.6 Å². The molecule has 3 aromatic rings. The molecule has 0 bridgehead atoms. The van der Waals surface area contributed by atoms with Crippen LogP contribution in [0.2, 0.25) is 5.02 Å². The highest BCUT2D eigenvalue weighted by molar-refractivity contribution is 6.30. The fourth-order valence-electron chi connectivity index (χ4n) is 2.29. The van der Waals surface area contributed by atoms with Crippen molar-refractivity contribution in [2.75, 3.05) is 0 Å². The van der Waals surface area contributed by atoms with Crippen LogP contribution >= 0.6 is 11.6 Å². The Morgan fingerprint density at radius 3 is 2.76 bits per heavy atom. The Morgan fingerprint density at radius 2 is 2.00 bits per heavy atom. The molecule has 4 nitrogen and oxygen atoms in total. The largest absolute Gasteiger partial charge is 0.343 e. The minimum absolute atomic E-state index is 0.0363. The van der Waals surface area contributed by atoms with E-state index in [2.05, 4.69) is 0 Å². The van der Waals surface area contributed by atoms with E-state index in [4.69, 9.17) is 11.6 Å². The molecule has 0 atom stereocenters. The SMILES string of the molecule is O=[N+]([O-])c1ccc2c(ccn2Cc2cc(Cl)ccc2F)c1. The number of aromatic nitrogens is 1. The number of nitrogens with zero attached hydrogens (tertiary/aromatic N) is 2. The Labute approximate surface area is 124 Å². The maximum absolute atomic E-state index is 13.8. The summed E-state index contributed by atoms with van der Waals surface area (Å²) < 4.78 is 15.6. The third-order valence-electron chi connectivity index (χ3n) is 3.31. The van der Waals surface area contributed by atoms with Gasteiger partial charge < -0.3 is 4.57 Å². The van der Waals surface area contributed by atoms with Crippen LogP contribution in [-0.4, -0.2) is 9.49 Å². The average Bonchev–Trinajstić information content (AvgIpc) is 2.85. The summed E-state index contributed by atoms with van der Waals surface area (Å²) in [5.41, 5.74) is 1.31. The molecule has 1 heterocycles. The van der Waals surface area contributed by atoms with Crippen LogP contribution in [0.1, 0.15) is 5.56 Å². The van der Waals surface area contributed by atoms with Gasteiger partial charge in [-0.15, -0.1) is 0 Å². The van der Waals surface area contributed by atoms with Crippen molar-refractivity contribution in [2.24, 2.45) is 0 Å². The summed E-state index contributed by atoms with van der Waals surface area (Å²) in [5.74, 6) is -0.330. The fourth-order valence-corrected chi connectivity index (χ4v) is 2.48. The van der Waals surface area contributed by atoms with Crippen LogP contribution in [0.3, 0.4) is 0 Å². The molecule has 0 radical (unpaired) electrons. The van der Waals surface area contributed by atoms with Gasteiger partial charge in [-0.2, -0.15) is 0 Å². The van der Waals surface area contributed by atoms with Gasteiger partial charge in [0, 0.05) is 39.8 Å². The molecule has 0 unspecified atom stereocenters. The molecule has 0 aliphatic carbocycles. The number of nitro benzene ring substituents is 1. The highest BCUT2D eigenvalue weighted by Crippen LogP contribution is 2.24. The van der Waals surface area contributed by atoms with Crippen LogP contribution in [0.5, 0.6) is 0 Å². The maximum Gasteiger partial charge on any atom is 0.270 e. The molecule has 0 amide bonds. The van der Waals surface area contributed by atoms with Crippen LogP contribution in [0.25, 0.3) is 10.9 Å². The van der Waals surface area contributed by atoms with Crippen molar-refractivity contribution in [1.82, 2.24) is 4.57 Å². The Balaban J connectivity index is 2.01. The third-order valence-corrected chi connectivity index (χ3v) is 3.55. The maximum atomic E-state index is 13.8. The number of hydrogen-bond donors (Lipinski definition) is 0. The van der Waals surface area contributed by atoms with E-state index in [1.807, 2.05) is 4.57 Å². The molecule has 0 aliphatic heterocycles. The van der Waals surface area contributed by atoms with Gasteiger partial charge in [0.25, 0.3) is 5.69 Å². The van der Waals surface area contributed by atoms with Gasteiger partial charge in [-0.3, -0.25) is 10.1 Å². The lowest BCUT2D eigenvalue weighted by atomic mass is 10.2. The van der Waals surface area contributed by atoms with Crippen LogP contribution in [0.15, 0.2) is 48.7 Å². The van der Waals surface area contributed by atoms with Crippen LogP contribution < -0.4 is 0 Å². The Morgan fingerprint density at radius 1 is 1.19 bits per heavy atom. The second kappa shape index (κ2) is 5.18. The third kappa shape index (κ3) is 2.60. The van der Waals surface area contributed by atoms with E-state index in [-0.39, 0.29) is 11.5 Å². The smallest absolute Gasteiger partial charge is 0.270 e. The lowest BCUT2D eigenvalue weighted by Crippen LogP contribution is -2.00. The molecule has 0 aliphatic rings. The first-order chi connectivity index (χ1) is 10.0. The molecule has 21 heavy (non-hydrogen) atoms. The van der Waals surface area contributed by atoms with Crippen molar-refractivity contribution in [3.63, 3.8) is 0 Å². The highest BCUT2D eigenvalue weighted by Gasteiger charge is 2.10. The van der Waals surface area contributed by atoms with Crippen molar-refractivity contribution >= 4 is 28.2 Å². The second-order valence-electron chi connectivity index (χ2n) is 4.68. The first kappa shape index (κ1) is 13.6. The predicted molar refractivity (Wildman–Crippen MR) is 79.1 cm³/mol. The van der Waals surface area contributed by atoms with Crippen molar-refractivity contribution in [3.05, 3.63) is 75.2 Å². The van der Waals surface area contributed by atoms with E-state index in [0.717, 1.165) is 10.9 Å². The Kier molecular flexibility index (Phi) is 3.35. The summed E-state index contributed by atoms with van der Waals surface area (Å²) in [7, 11) is 0. The molecule has 0 N–H and O–H groups in total. The summed E-state index contributed by atoms with van der Waals surface area (Å²) in [5, 5.41) is 12.0. The molecule has 6 heteroatoms. The van der Waals surface area contributed by atoms with Crippen molar-refractivity contribution in [3.8, 4) is 0 Å². The summed E-state index contributed by atoms with van der Waals surface area (Å²) >= 11 is 5.88. The summed E-state index contributed by atoms with van der Waals surface area (Å²) in [4.78, 5) is 10.3.